The molecule has 0 aliphatic carbocycles. The van der Waals surface area contributed by atoms with Crippen LogP contribution in [0.4, 0.5) is 4.79 Å². The second-order valence-corrected chi connectivity index (χ2v) is 1.38. The molecule has 0 rings (SSSR count). The third kappa shape index (κ3) is 183. The van der Waals surface area contributed by atoms with Crippen molar-refractivity contribution in [2.45, 2.75) is 13.0 Å². The molecule has 0 bridgehead atoms. The Morgan fingerprint density at radius 3 is 1.89 bits per heavy atom. The van der Waals surface area contributed by atoms with Gasteiger partial charge in [-0.2, -0.15) is 0 Å². The molecule has 9 heavy (non-hydrogen) atoms. The number of carbonyl (C=O) groups excluding carboxylic acids is 1. The lowest BCUT2D eigenvalue weighted by molar-refractivity contribution is 0.244. The number of urea groups is 1. The van der Waals surface area contributed by atoms with Crippen LogP contribution in [0.25, 0.3) is 0 Å². The molecule has 0 radical (unpaired) electrons. The van der Waals surface area contributed by atoms with Crippen molar-refractivity contribution >= 4 is 6.03 Å². The maximum Gasteiger partial charge on any atom is 0.309 e. The number of rotatable bonds is 1. The monoisotopic (exact) mass is 132 g/mol. The maximum atomic E-state index is 9.00. The maximum absolute atomic E-state index is 9.00. The molecule has 1 unspecified atom stereocenters. The lowest BCUT2D eigenvalue weighted by Crippen LogP contribution is -2.18. The van der Waals surface area contributed by atoms with E-state index in [2.05, 4.69) is 18.0 Å². The standard InChI is InChI=1S/C4H8O.CH4N2O/c1-3-4(2)5;2-1(3)4/h3-5H,1H2,2H3;(H4,2,3,4). The molecule has 1 atom stereocenters. The Bertz CT molecular complexity index is 87.0. The van der Waals surface area contributed by atoms with Gasteiger partial charge in [-0.25, -0.2) is 4.79 Å². The number of aliphatic hydroxyl groups excluding tert-OH is 1. The molecule has 0 heterocycles. The summed E-state index contributed by atoms with van der Waals surface area (Å²) >= 11 is 0. The van der Waals surface area contributed by atoms with Crippen molar-refractivity contribution in [1.29, 1.82) is 0 Å². The van der Waals surface area contributed by atoms with Gasteiger partial charge in [-0.3, -0.25) is 0 Å². The highest BCUT2D eigenvalue weighted by molar-refractivity contribution is 5.69. The van der Waals surface area contributed by atoms with Crippen molar-refractivity contribution in [3.05, 3.63) is 12.7 Å². The Morgan fingerprint density at radius 1 is 1.78 bits per heavy atom. The first-order valence-electron chi connectivity index (χ1n) is 2.36. The van der Waals surface area contributed by atoms with Crippen LogP contribution in [0.15, 0.2) is 12.7 Å². The van der Waals surface area contributed by atoms with E-state index in [1.54, 1.807) is 6.92 Å². The van der Waals surface area contributed by atoms with Crippen molar-refractivity contribution in [1.82, 2.24) is 0 Å². The highest BCUT2D eigenvalue weighted by atomic mass is 16.3. The van der Waals surface area contributed by atoms with Crippen molar-refractivity contribution in [2.24, 2.45) is 11.5 Å². The van der Waals surface area contributed by atoms with Gasteiger partial charge in [0.15, 0.2) is 0 Å². The summed E-state index contributed by atoms with van der Waals surface area (Å²) in [6.07, 6.45) is 1.12. The average molecular weight is 132 g/mol. The first-order chi connectivity index (χ1) is 4.00. The van der Waals surface area contributed by atoms with E-state index in [1.165, 1.54) is 6.08 Å². The van der Waals surface area contributed by atoms with Crippen LogP contribution in [-0.2, 0) is 0 Å². The van der Waals surface area contributed by atoms with Crippen molar-refractivity contribution in [3.63, 3.8) is 0 Å². The fraction of sp³-hybridized carbons (Fsp3) is 0.400. The number of hydrogen-bond donors (Lipinski definition) is 3. The summed E-state index contributed by atoms with van der Waals surface area (Å²) in [5.41, 5.74) is 8.50. The molecule has 0 aliphatic heterocycles. The Kier molecular flexibility index (Phi) is 8.41. The van der Waals surface area contributed by atoms with Crippen molar-refractivity contribution < 1.29 is 9.90 Å². The summed E-state index contributed by atoms with van der Waals surface area (Å²) in [5.74, 6) is 0. The Labute approximate surface area is 54.2 Å². The molecule has 2 amide bonds. The summed E-state index contributed by atoms with van der Waals surface area (Å²) < 4.78 is 0. The predicted octanol–water partition coefficient (Wildman–Crippen LogP) is -0.423. The number of hydrogen-bond acceptors (Lipinski definition) is 2. The molecule has 0 aromatic carbocycles. The number of aliphatic hydroxyl groups is 1. The normalized spacial score (nSPS) is 10.4. The van der Waals surface area contributed by atoms with E-state index in [9.17, 15) is 0 Å². The lowest BCUT2D eigenvalue weighted by Gasteiger charge is -1.84. The van der Waals surface area contributed by atoms with Crippen molar-refractivity contribution in [2.75, 3.05) is 0 Å². The molecule has 0 aliphatic rings. The second kappa shape index (κ2) is 6.97. The van der Waals surface area contributed by atoms with E-state index in [0.29, 0.717) is 0 Å². The van der Waals surface area contributed by atoms with E-state index in [0.717, 1.165) is 0 Å². The van der Waals surface area contributed by atoms with Gasteiger partial charge in [-0.15, -0.1) is 6.58 Å². The fourth-order valence-corrected chi connectivity index (χ4v) is 0. The molecular formula is C5H12N2O2. The second-order valence-electron chi connectivity index (χ2n) is 1.38. The van der Waals surface area contributed by atoms with Gasteiger partial charge < -0.3 is 16.6 Å². The zero-order valence-corrected chi connectivity index (χ0v) is 5.37. The van der Waals surface area contributed by atoms with Crippen LogP contribution in [0.1, 0.15) is 6.92 Å². The smallest absolute Gasteiger partial charge is 0.309 e. The minimum atomic E-state index is -0.833. The van der Waals surface area contributed by atoms with Gasteiger partial charge in [-0.1, -0.05) is 6.08 Å². The van der Waals surface area contributed by atoms with E-state index in [4.69, 9.17) is 9.90 Å². The minimum absolute atomic E-state index is 0.352. The lowest BCUT2D eigenvalue weighted by atomic mass is 10.4. The molecule has 0 aromatic rings. The molecule has 0 saturated heterocycles. The quantitative estimate of drug-likeness (QED) is 0.423. The topological polar surface area (TPSA) is 89.3 Å². The van der Waals surface area contributed by atoms with Gasteiger partial charge in [0.1, 0.15) is 0 Å². The van der Waals surface area contributed by atoms with Crippen LogP contribution in [0, 0.1) is 0 Å². The highest BCUT2D eigenvalue weighted by Crippen LogP contribution is 1.73. The highest BCUT2D eigenvalue weighted by Gasteiger charge is 1.75. The van der Waals surface area contributed by atoms with Crippen LogP contribution in [0.5, 0.6) is 0 Å². The average Bonchev–Trinajstić information content (AvgIpc) is 1.65. The van der Waals surface area contributed by atoms with Gasteiger partial charge >= 0.3 is 6.03 Å². The molecule has 0 saturated carbocycles. The summed E-state index contributed by atoms with van der Waals surface area (Å²) in [4.78, 5) is 9.00. The van der Waals surface area contributed by atoms with E-state index in [1.807, 2.05) is 0 Å². The fourth-order valence-electron chi connectivity index (χ4n) is 0. The summed E-state index contributed by atoms with van der Waals surface area (Å²) in [5, 5.41) is 8.24. The van der Waals surface area contributed by atoms with Crippen LogP contribution in [0.2, 0.25) is 0 Å². The first kappa shape index (κ1) is 10.9. The molecular weight excluding hydrogens is 120 g/mol. The molecule has 0 fully saturated rings. The van der Waals surface area contributed by atoms with E-state index in [-0.39, 0.29) is 6.10 Å². The summed E-state index contributed by atoms with van der Waals surface area (Å²) in [6, 6.07) is -0.833. The molecule has 54 valence electrons. The van der Waals surface area contributed by atoms with Crippen LogP contribution in [0.3, 0.4) is 0 Å². The number of nitrogens with two attached hydrogens (primary N) is 2. The van der Waals surface area contributed by atoms with Gasteiger partial charge in [0.25, 0.3) is 0 Å². The molecule has 0 spiro atoms. The third-order valence-corrected chi connectivity index (χ3v) is 0.341. The van der Waals surface area contributed by atoms with Crippen molar-refractivity contribution in [3.8, 4) is 0 Å². The molecule has 4 nitrogen and oxygen atoms in total. The summed E-state index contributed by atoms with van der Waals surface area (Å²) in [7, 11) is 0. The van der Waals surface area contributed by atoms with E-state index < -0.39 is 6.03 Å². The predicted molar refractivity (Wildman–Crippen MR) is 35.6 cm³/mol. The molecule has 4 heteroatoms. The molecule has 5 N–H and O–H groups in total. The summed E-state index contributed by atoms with van der Waals surface area (Å²) in [6.45, 7) is 4.97. The largest absolute Gasteiger partial charge is 0.389 e. The third-order valence-electron chi connectivity index (χ3n) is 0.341. The van der Waals surface area contributed by atoms with Crippen LogP contribution < -0.4 is 11.5 Å². The van der Waals surface area contributed by atoms with E-state index >= 15 is 0 Å². The van der Waals surface area contributed by atoms with Crippen LogP contribution in [-0.4, -0.2) is 17.2 Å². The first-order valence-corrected chi connectivity index (χ1v) is 2.36. The number of primary amides is 2. The molecule has 0 aromatic heterocycles. The number of carbonyl (C=O) groups is 1. The Morgan fingerprint density at radius 2 is 1.89 bits per heavy atom. The SMILES string of the molecule is C=CC(C)O.NC(N)=O. The Balaban J connectivity index is 0. The zero-order chi connectivity index (χ0) is 7.86. The number of amides is 2. The Hall–Kier alpha value is -1.03. The van der Waals surface area contributed by atoms with Gasteiger partial charge in [0, 0.05) is 0 Å². The minimum Gasteiger partial charge on any atom is -0.389 e. The van der Waals surface area contributed by atoms with Gasteiger partial charge in [0.2, 0.25) is 0 Å². The van der Waals surface area contributed by atoms with Crippen LogP contribution >= 0.6 is 0 Å². The van der Waals surface area contributed by atoms with Gasteiger partial charge in [0.05, 0.1) is 6.10 Å². The zero-order valence-electron chi connectivity index (χ0n) is 5.37. The van der Waals surface area contributed by atoms with Gasteiger partial charge in [-0.05, 0) is 6.92 Å².